The van der Waals surface area contributed by atoms with E-state index in [9.17, 15) is 13.2 Å². The maximum Gasteiger partial charge on any atom is 0.393 e. The predicted octanol–water partition coefficient (Wildman–Crippen LogP) is 3.28. The van der Waals surface area contributed by atoms with Crippen LogP contribution in [0.5, 0.6) is 0 Å². The molecule has 0 spiro atoms. The second-order valence-electron chi connectivity index (χ2n) is 5.99. The average molecular weight is 280 g/mol. The van der Waals surface area contributed by atoms with E-state index in [-0.39, 0.29) is 19.0 Å². The van der Waals surface area contributed by atoms with Crippen LogP contribution in [0.2, 0.25) is 0 Å². The van der Waals surface area contributed by atoms with Crippen molar-refractivity contribution >= 4 is 0 Å². The Morgan fingerprint density at radius 3 is 2.47 bits per heavy atom. The number of hydrogen-bond acceptors (Lipinski definition) is 2. The Balaban J connectivity index is 2.46. The summed E-state index contributed by atoms with van der Waals surface area (Å²) in [7, 11) is 0. The van der Waals surface area contributed by atoms with Gasteiger partial charge in [0.25, 0.3) is 0 Å². The molecule has 114 valence electrons. The molecule has 1 aliphatic heterocycles. The minimum Gasteiger partial charge on any atom is -0.315 e. The molecule has 1 saturated heterocycles. The highest BCUT2D eigenvalue weighted by Gasteiger charge is 2.42. The zero-order valence-electron chi connectivity index (χ0n) is 12.3. The van der Waals surface area contributed by atoms with Gasteiger partial charge in [-0.15, -0.1) is 0 Å². The first-order valence-corrected chi connectivity index (χ1v) is 7.36. The second-order valence-corrected chi connectivity index (χ2v) is 5.99. The molecule has 0 saturated carbocycles. The highest BCUT2D eigenvalue weighted by atomic mass is 19.4. The minimum atomic E-state index is -4.04. The molecule has 0 aliphatic carbocycles. The Labute approximate surface area is 114 Å². The fourth-order valence-corrected chi connectivity index (χ4v) is 2.68. The van der Waals surface area contributed by atoms with Crippen molar-refractivity contribution in [3.05, 3.63) is 0 Å². The van der Waals surface area contributed by atoms with Crippen molar-refractivity contribution in [1.29, 1.82) is 0 Å². The van der Waals surface area contributed by atoms with Crippen molar-refractivity contribution in [3.63, 3.8) is 0 Å². The quantitative estimate of drug-likeness (QED) is 0.803. The third-order valence-electron chi connectivity index (χ3n) is 3.84. The molecule has 1 rings (SSSR count). The molecule has 5 heteroatoms. The zero-order valence-corrected chi connectivity index (χ0v) is 12.3. The smallest absolute Gasteiger partial charge is 0.315 e. The van der Waals surface area contributed by atoms with E-state index in [2.05, 4.69) is 26.1 Å². The lowest BCUT2D eigenvalue weighted by Gasteiger charge is -2.38. The lowest BCUT2D eigenvalue weighted by atomic mass is 9.95. The van der Waals surface area contributed by atoms with E-state index in [4.69, 9.17) is 0 Å². The van der Waals surface area contributed by atoms with Crippen LogP contribution in [0.1, 0.15) is 40.0 Å². The standard InChI is InChI=1S/C14H27F3N2/c1-4-13(9-18-8-11(2)3)19-7-5-6-12(10-19)14(15,16)17/h11-13,18H,4-10H2,1-3H3. The molecule has 0 bridgehead atoms. The Morgan fingerprint density at radius 1 is 1.26 bits per heavy atom. The molecule has 2 atom stereocenters. The van der Waals surface area contributed by atoms with E-state index in [1.54, 1.807) is 0 Å². The Bertz CT molecular complexity index is 254. The normalized spacial score (nSPS) is 23.8. The topological polar surface area (TPSA) is 15.3 Å². The third-order valence-corrected chi connectivity index (χ3v) is 3.84. The van der Waals surface area contributed by atoms with Crippen LogP contribution < -0.4 is 5.32 Å². The van der Waals surface area contributed by atoms with Crippen molar-refractivity contribution in [2.75, 3.05) is 26.2 Å². The fourth-order valence-electron chi connectivity index (χ4n) is 2.68. The summed E-state index contributed by atoms with van der Waals surface area (Å²) in [6.07, 6.45) is -2.20. The molecular weight excluding hydrogens is 253 g/mol. The van der Waals surface area contributed by atoms with Crippen molar-refractivity contribution in [1.82, 2.24) is 10.2 Å². The number of likely N-dealkylation sites (tertiary alicyclic amines) is 1. The van der Waals surface area contributed by atoms with Crippen LogP contribution in [0.4, 0.5) is 13.2 Å². The molecule has 0 aromatic carbocycles. The summed E-state index contributed by atoms with van der Waals surface area (Å²) in [5.74, 6) is -0.567. The Hall–Kier alpha value is -0.290. The lowest BCUT2D eigenvalue weighted by molar-refractivity contribution is -0.188. The fraction of sp³-hybridized carbons (Fsp3) is 1.00. The van der Waals surface area contributed by atoms with Gasteiger partial charge in [-0.3, -0.25) is 4.90 Å². The van der Waals surface area contributed by atoms with Crippen LogP contribution in [0.15, 0.2) is 0 Å². The third kappa shape index (κ3) is 5.69. The number of halogens is 3. The van der Waals surface area contributed by atoms with E-state index >= 15 is 0 Å². The van der Waals surface area contributed by atoms with E-state index in [0.29, 0.717) is 12.3 Å². The van der Waals surface area contributed by atoms with E-state index < -0.39 is 12.1 Å². The molecule has 1 fully saturated rings. The van der Waals surface area contributed by atoms with Crippen molar-refractivity contribution in [2.24, 2.45) is 11.8 Å². The van der Waals surface area contributed by atoms with Crippen molar-refractivity contribution < 1.29 is 13.2 Å². The molecule has 0 aromatic heterocycles. The summed E-state index contributed by atoms with van der Waals surface area (Å²) in [6.45, 7) is 9.01. The average Bonchev–Trinajstić information content (AvgIpc) is 2.33. The van der Waals surface area contributed by atoms with Crippen LogP contribution >= 0.6 is 0 Å². The molecule has 0 radical (unpaired) electrons. The largest absolute Gasteiger partial charge is 0.393 e. The van der Waals surface area contributed by atoms with Gasteiger partial charge in [-0.25, -0.2) is 0 Å². The number of nitrogens with zero attached hydrogens (tertiary/aromatic N) is 1. The highest BCUT2D eigenvalue weighted by Crippen LogP contribution is 2.33. The predicted molar refractivity (Wildman–Crippen MR) is 72.1 cm³/mol. The van der Waals surface area contributed by atoms with Gasteiger partial charge in [0.15, 0.2) is 0 Å². The molecule has 2 unspecified atom stereocenters. The van der Waals surface area contributed by atoms with Gasteiger partial charge in [0.1, 0.15) is 0 Å². The molecule has 1 heterocycles. The number of piperidine rings is 1. The molecule has 19 heavy (non-hydrogen) atoms. The SMILES string of the molecule is CCC(CNCC(C)C)N1CCCC(C(F)(F)F)C1. The molecular formula is C14H27F3N2. The van der Waals surface area contributed by atoms with Crippen LogP contribution in [-0.4, -0.2) is 43.3 Å². The van der Waals surface area contributed by atoms with Gasteiger partial charge in [-0.2, -0.15) is 13.2 Å². The van der Waals surface area contributed by atoms with Gasteiger partial charge in [0, 0.05) is 19.1 Å². The van der Waals surface area contributed by atoms with E-state index in [1.807, 2.05) is 4.90 Å². The van der Waals surface area contributed by atoms with Crippen molar-refractivity contribution in [3.8, 4) is 0 Å². The first-order chi connectivity index (χ1) is 8.84. The Morgan fingerprint density at radius 2 is 1.95 bits per heavy atom. The van der Waals surface area contributed by atoms with Gasteiger partial charge in [-0.1, -0.05) is 20.8 Å². The summed E-state index contributed by atoms with van der Waals surface area (Å²) >= 11 is 0. The van der Waals surface area contributed by atoms with Gasteiger partial charge in [-0.05, 0) is 38.3 Å². The number of alkyl halides is 3. The molecule has 1 N–H and O–H groups in total. The summed E-state index contributed by atoms with van der Waals surface area (Å²) < 4.78 is 38.4. The van der Waals surface area contributed by atoms with Crippen LogP contribution in [0.25, 0.3) is 0 Å². The number of nitrogens with one attached hydrogen (secondary N) is 1. The molecule has 0 aromatic rings. The van der Waals surface area contributed by atoms with Gasteiger partial charge in [0.05, 0.1) is 5.92 Å². The van der Waals surface area contributed by atoms with E-state index in [0.717, 1.165) is 26.1 Å². The monoisotopic (exact) mass is 280 g/mol. The maximum absolute atomic E-state index is 12.8. The molecule has 1 aliphatic rings. The number of hydrogen-bond donors (Lipinski definition) is 1. The van der Waals surface area contributed by atoms with Crippen LogP contribution in [0, 0.1) is 11.8 Å². The van der Waals surface area contributed by atoms with Gasteiger partial charge >= 0.3 is 6.18 Å². The summed E-state index contributed by atoms with van der Waals surface area (Å²) in [6, 6.07) is 0.226. The highest BCUT2D eigenvalue weighted by molar-refractivity contribution is 4.83. The zero-order chi connectivity index (χ0) is 14.5. The minimum absolute atomic E-state index is 0.172. The number of rotatable bonds is 6. The van der Waals surface area contributed by atoms with Crippen LogP contribution in [-0.2, 0) is 0 Å². The first kappa shape index (κ1) is 16.8. The molecule has 2 nitrogen and oxygen atoms in total. The lowest BCUT2D eigenvalue weighted by Crippen LogP contribution is -2.49. The molecule has 0 amide bonds. The second kappa shape index (κ2) is 7.48. The summed E-state index contributed by atoms with van der Waals surface area (Å²) in [5, 5.41) is 3.36. The van der Waals surface area contributed by atoms with E-state index in [1.165, 1.54) is 0 Å². The van der Waals surface area contributed by atoms with Gasteiger partial charge < -0.3 is 5.32 Å². The van der Waals surface area contributed by atoms with Crippen LogP contribution in [0.3, 0.4) is 0 Å². The van der Waals surface area contributed by atoms with Gasteiger partial charge in [0.2, 0.25) is 0 Å². The summed E-state index contributed by atoms with van der Waals surface area (Å²) in [4.78, 5) is 2.02. The first-order valence-electron chi connectivity index (χ1n) is 7.36. The maximum atomic E-state index is 12.8. The van der Waals surface area contributed by atoms with Crippen molar-refractivity contribution in [2.45, 2.75) is 52.3 Å². The summed E-state index contributed by atoms with van der Waals surface area (Å²) in [5.41, 5.74) is 0. The Kier molecular flexibility index (Phi) is 6.60.